The van der Waals surface area contributed by atoms with Crippen molar-refractivity contribution in [3.8, 4) is 0 Å². The van der Waals surface area contributed by atoms with Gasteiger partial charge in [0.05, 0.1) is 5.92 Å². The number of hydrogen-bond donors (Lipinski definition) is 3. The predicted octanol–water partition coefficient (Wildman–Crippen LogP) is 1.99. The summed E-state index contributed by atoms with van der Waals surface area (Å²) >= 11 is 0. The van der Waals surface area contributed by atoms with Crippen molar-refractivity contribution < 1.29 is 14.7 Å². The van der Waals surface area contributed by atoms with Crippen LogP contribution in [0.5, 0.6) is 0 Å². The Bertz CT molecular complexity index is 406. The van der Waals surface area contributed by atoms with Gasteiger partial charge in [0.15, 0.2) is 0 Å². The monoisotopic (exact) mass is 264 g/mol. The first-order valence-electron chi connectivity index (χ1n) is 6.38. The Morgan fingerprint density at radius 2 is 1.89 bits per heavy atom. The molecule has 0 bridgehead atoms. The van der Waals surface area contributed by atoms with Gasteiger partial charge in [0.2, 0.25) is 0 Å². The molecule has 1 aromatic carbocycles. The Labute approximate surface area is 113 Å². The van der Waals surface area contributed by atoms with Crippen molar-refractivity contribution in [3.63, 3.8) is 0 Å². The van der Waals surface area contributed by atoms with Crippen LogP contribution in [0.25, 0.3) is 0 Å². The average Bonchev–Trinajstić information content (AvgIpc) is 2.42. The van der Waals surface area contributed by atoms with E-state index in [4.69, 9.17) is 5.11 Å². The van der Waals surface area contributed by atoms with Crippen molar-refractivity contribution in [3.05, 3.63) is 35.9 Å². The van der Waals surface area contributed by atoms with Gasteiger partial charge in [-0.2, -0.15) is 0 Å². The largest absolute Gasteiger partial charge is 0.481 e. The molecule has 0 aromatic heterocycles. The highest BCUT2D eigenvalue weighted by Gasteiger charge is 2.09. The van der Waals surface area contributed by atoms with E-state index in [0.29, 0.717) is 25.9 Å². The number of hydrogen-bond acceptors (Lipinski definition) is 2. The van der Waals surface area contributed by atoms with Crippen molar-refractivity contribution in [1.29, 1.82) is 0 Å². The lowest BCUT2D eigenvalue weighted by Gasteiger charge is -2.09. The lowest BCUT2D eigenvalue weighted by atomic mass is 10.1. The fourth-order valence-corrected chi connectivity index (χ4v) is 1.57. The molecule has 1 rings (SSSR count). The molecule has 1 atom stereocenters. The molecule has 5 nitrogen and oxygen atoms in total. The fourth-order valence-electron chi connectivity index (χ4n) is 1.57. The summed E-state index contributed by atoms with van der Waals surface area (Å²) < 4.78 is 0. The van der Waals surface area contributed by atoms with E-state index in [0.717, 1.165) is 5.56 Å². The molecule has 104 valence electrons. The molecular formula is C14H20N2O3. The van der Waals surface area contributed by atoms with E-state index in [9.17, 15) is 9.59 Å². The van der Waals surface area contributed by atoms with Crippen LogP contribution in [0.4, 0.5) is 4.79 Å². The molecule has 0 heterocycles. The first kappa shape index (κ1) is 15.0. The molecule has 0 radical (unpaired) electrons. The maximum atomic E-state index is 11.5. The third kappa shape index (κ3) is 6.45. The van der Waals surface area contributed by atoms with Gasteiger partial charge in [0, 0.05) is 13.1 Å². The Hall–Kier alpha value is -2.04. The fraction of sp³-hybridized carbons (Fsp3) is 0.429. The quantitative estimate of drug-likeness (QED) is 0.659. The van der Waals surface area contributed by atoms with E-state index < -0.39 is 5.97 Å². The number of benzene rings is 1. The Morgan fingerprint density at radius 1 is 1.21 bits per heavy atom. The normalized spacial score (nSPS) is 11.6. The van der Waals surface area contributed by atoms with Crippen LogP contribution in [0.1, 0.15) is 25.3 Å². The zero-order valence-electron chi connectivity index (χ0n) is 11.1. The summed E-state index contributed by atoms with van der Waals surface area (Å²) in [4.78, 5) is 22.0. The van der Waals surface area contributed by atoms with Crippen LogP contribution in [0, 0.1) is 5.92 Å². The summed E-state index contributed by atoms with van der Waals surface area (Å²) in [7, 11) is 0. The number of carboxylic acid groups (broad SMARTS) is 1. The van der Waals surface area contributed by atoms with Crippen molar-refractivity contribution >= 4 is 12.0 Å². The third-order valence-electron chi connectivity index (χ3n) is 2.82. The summed E-state index contributed by atoms with van der Waals surface area (Å²) in [6.07, 6.45) is 1.22. The number of amides is 2. The topological polar surface area (TPSA) is 78.4 Å². The number of carbonyl (C=O) groups excluding carboxylic acids is 1. The van der Waals surface area contributed by atoms with Gasteiger partial charge in [-0.3, -0.25) is 4.79 Å². The minimum Gasteiger partial charge on any atom is -0.481 e. The molecule has 5 heteroatoms. The second kappa shape index (κ2) is 8.13. The van der Waals surface area contributed by atoms with Gasteiger partial charge in [0.25, 0.3) is 0 Å². The maximum Gasteiger partial charge on any atom is 0.315 e. The summed E-state index contributed by atoms with van der Waals surface area (Å²) in [5.41, 5.74) is 1.04. The van der Waals surface area contributed by atoms with E-state index in [2.05, 4.69) is 10.6 Å². The lowest BCUT2D eigenvalue weighted by molar-refractivity contribution is -0.141. The molecular weight excluding hydrogens is 244 g/mol. The van der Waals surface area contributed by atoms with E-state index in [1.807, 2.05) is 30.3 Å². The highest BCUT2D eigenvalue weighted by Crippen LogP contribution is 2.04. The van der Waals surface area contributed by atoms with E-state index >= 15 is 0 Å². The minimum atomic E-state index is -0.798. The van der Waals surface area contributed by atoms with Crippen molar-refractivity contribution in [1.82, 2.24) is 10.6 Å². The zero-order valence-corrected chi connectivity index (χ0v) is 11.1. The second-order valence-electron chi connectivity index (χ2n) is 4.48. The molecule has 19 heavy (non-hydrogen) atoms. The number of carboxylic acids is 1. The molecule has 0 saturated heterocycles. The number of carbonyl (C=O) groups is 2. The van der Waals surface area contributed by atoms with Gasteiger partial charge in [-0.05, 0) is 18.4 Å². The van der Waals surface area contributed by atoms with Crippen LogP contribution < -0.4 is 10.6 Å². The number of nitrogens with one attached hydrogen (secondary N) is 2. The first-order valence-corrected chi connectivity index (χ1v) is 6.38. The molecule has 1 aromatic rings. The van der Waals surface area contributed by atoms with E-state index in [1.54, 1.807) is 6.92 Å². The van der Waals surface area contributed by atoms with Crippen LogP contribution in [-0.2, 0) is 11.3 Å². The van der Waals surface area contributed by atoms with Gasteiger partial charge in [-0.15, -0.1) is 0 Å². The predicted molar refractivity (Wildman–Crippen MR) is 72.7 cm³/mol. The van der Waals surface area contributed by atoms with E-state index in [1.165, 1.54) is 0 Å². The number of rotatable bonds is 7. The highest BCUT2D eigenvalue weighted by atomic mass is 16.4. The van der Waals surface area contributed by atoms with Gasteiger partial charge >= 0.3 is 12.0 Å². The van der Waals surface area contributed by atoms with Crippen LogP contribution in [0.15, 0.2) is 30.3 Å². The zero-order chi connectivity index (χ0) is 14.1. The van der Waals surface area contributed by atoms with Crippen LogP contribution in [0.2, 0.25) is 0 Å². The summed E-state index contributed by atoms with van der Waals surface area (Å²) in [6.45, 7) is 2.63. The average molecular weight is 264 g/mol. The third-order valence-corrected chi connectivity index (χ3v) is 2.82. The molecule has 0 aliphatic carbocycles. The molecule has 3 N–H and O–H groups in total. The number of urea groups is 1. The van der Waals surface area contributed by atoms with Crippen molar-refractivity contribution in [2.45, 2.75) is 26.3 Å². The smallest absolute Gasteiger partial charge is 0.315 e. The molecule has 0 aliphatic rings. The highest BCUT2D eigenvalue weighted by molar-refractivity contribution is 5.73. The lowest BCUT2D eigenvalue weighted by Crippen LogP contribution is -2.35. The van der Waals surface area contributed by atoms with E-state index in [-0.39, 0.29) is 11.9 Å². The van der Waals surface area contributed by atoms with Gasteiger partial charge in [-0.25, -0.2) is 4.79 Å². The Morgan fingerprint density at radius 3 is 2.53 bits per heavy atom. The Kier molecular flexibility index (Phi) is 6.43. The molecule has 0 saturated carbocycles. The SMILES string of the molecule is CC(CCCNC(=O)NCc1ccccc1)C(=O)O. The maximum absolute atomic E-state index is 11.5. The van der Waals surface area contributed by atoms with Crippen LogP contribution in [0.3, 0.4) is 0 Å². The first-order chi connectivity index (χ1) is 9.09. The van der Waals surface area contributed by atoms with Gasteiger partial charge < -0.3 is 15.7 Å². The molecule has 0 aliphatic heterocycles. The van der Waals surface area contributed by atoms with Crippen LogP contribution in [-0.4, -0.2) is 23.7 Å². The minimum absolute atomic E-state index is 0.230. The van der Waals surface area contributed by atoms with Crippen molar-refractivity contribution in [2.24, 2.45) is 5.92 Å². The van der Waals surface area contributed by atoms with Gasteiger partial charge in [-0.1, -0.05) is 37.3 Å². The second-order valence-corrected chi connectivity index (χ2v) is 4.48. The Balaban J connectivity index is 2.10. The summed E-state index contributed by atoms with van der Waals surface area (Å²) in [5.74, 6) is -1.16. The molecule has 0 spiro atoms. The van der Waals surface area contributed by atoms with Crippen molar-refractivity contribution in [2.75, 3.05) is 6.54 Å². The summed E-state index contributed by atoms with van der Waals surface area (Å²) in [5, 5.41) is 14.1. The standard InChI is InChI=1S/C14H20N2O3/c1-11(13(17)18)6-5-9-15-14(19)16-10-12-7-3-2-4-8-12/h2-4,7-8,11H,5-6,9-10H2,1H3,(H,17,18)(H2,15,16,19). The van der Waals surface area contributed by atoms with Gasteiger partial charge in [0.1, 0.15) is 0 Å². The molecule has 1 unspecified atom stereocenters. The van der Waals surface area contributed by atoms with Crippen LogP contribution >= 0.6 is 0 Å². The molecule has 0 fully saturated rings. The number of aliphatic carboxylic acids is 1. The summed E-state index contributed by atoms with van der Waals surface area (Å²) in [6, 6.07) is 9.41. The molecule has 2 amide bonds.